The van der Waals surface area contributed by atoms with Crippen LogP contribution in [0.15, 0.2) is 0 Å². The molecule has 1 aliphatic heterocycles. The molecule has 0 unspecified atom stereocenters. The van der Waals surface area contributed by atoms with Gasteiger partial charge in [-0.15, -0.1) is 11.6 Å². The second-order valence-electron chi connectivity index (χ2n) is 2.65. The summed E-state index contributed by atoms with van der Waals surface area (Å²) in [7, 11) is 1.34. The smallest absolute Gasteiger partial charge is 0.312 e. The van der Waals surface area contributed by atoms with E-state index in [-0.39, 0.29) is 23.7 Å². The quantitative estimate of drug-likeness (QED) is 0.451. The zero-order valence-electron chi connectivity index (χ0n) is 6.75. The number of rotatable bonds is 2. The lowest BCUT2D eigenvalue weighted by Crippen LogP contribution is -2.53. The van der Waals surface area contributed by atoms with Gasteiger partial charge in [0.25, 0.3) is 0 Å². The highest BCUT2D eigenvalue weighted by Crippen LogP contribution is 2.16. The lowest BCUT2D eigenvalue weighted by Gasteiger charge is -2.36. The van der Waals surface area contributed by atoms with E-state index in [4.69, 9.17) is 11.6 Å². The maximum atomic E-state index is 10.9. The molecule has 0 aromatic heterocycles. The third-order valence-electron chi connectivity index (χ3n) is 1.88. The Balaban J connectivity index is 2.28. The third-order valence-corrected chi connectivity index (χ3v) is 2.11. The highest BCUT2D eigenvalue weighted by molar-refractivity contribution is 6.27. The molecule has 0 radical (unpaired) electrons. The molecule has 1 saturated heterocycles. The largest absolute Gasteiger partial charge is 0.469 e. The molecule has 0 atom stereocenters. The lowest BCUT2D eigenvalue weighted by molar-refractivity contribution is -0.154. The van der Waals surface area contributed by atoms with Crippen molar-refractivity contribution in [1.82, 2.24) is 4.90 Å². The summed E-state index contributed by atoms with van der Waals surface area (Å²) in [5.74, 6) is -0.555. The van der Waals surface area contributed by atoms with E-state index in [2.05, 4.69) is 4.74 Å². The van der Waals surface area contributed by atoms with Crippen LogP contribution < -0.4 is 0 Å². The van der Waals surface area contributed by atoms with Crippen LogP contribution in [0.25, 0.3) is 0 Å². The number of carbonyl (C=O) groups excluding carboxylic acids is 2. The zero-order valence-corrected chi connectivity index (χ0v) is 7.50. The second-order valence-corrected chi connectivity index (χ2v) is 2.92. The normalized spacial score (nSPS) is 17.0. The van der Waals surface area contributed by atoms with Gasteiger partial charge in [-0.25, -0.2) is 0 Å². The van der Waals surface area contributed by atoms with Crippen molar-refractivity contribution in [1.29, 1.82) is 0 Å². The molecule has 1 aliphatic rings. The highest BCUT2D eigenvalue weighted by atomic mass is 35.5. The summed E-state index contributed by atoms with van der Waals surface area (Å²) in [6, 6.07) is 0. The predicted octanol–water partition coefficient (Wildman–Crippen LogP) is -0.143. The Morgan fingerprint density at radius 2 is 2.17 bits per heavy atom. The van der Waals surface area contributed by atoms with Crippen LogP contribution in [0, 0.1) is 5.92 Å². The fourth-order valence-electron chi connectivity index (χ4n) is 1.08. The Morgan fingerprint density at radius 3 is 2.58 bits per heavy atom. The summed E-state index contributed by atoms with van der Waals surface area (Å²) in [6.07, 6.45) is 0. The summed E-state index contributed by atoms with van der Waals surface area (Å²) in [5.41, 5.74) is 0. The van der Waals surface area contributed by atoms with E-state index in [1.165, 1.54) is 12.0 Å². The Bertz CT molecular complexity index is 181. The van der Waals surface area contributed by atoms with Crippen LogP contribution >= 0.6 is 11.6 Å². The molecule has 4 nitrogen and oxygen atoms in total. The monoisotopic (exact) mass is 191 g/mol. The maximum absolute atomic E-state index is 10.9. The number of ether oxygens (including phenoxy) is 1. The SMILES string of the molecule is COC(=O)C1CN(C(=O)CCl)C1. The standard InChI is InChI=1S/C7H10ClNO3/c1-12-7(11)5-3-9(4-5)6(10)2-8/h5H,2-4H2,1H3. The molecule has 0 saturated carbocycles. The van der Waals surface area contributed by atoms with Crippen LogP contribution in [0.2, 0.25) is 0 Å². The number of hydrogen-bond donors (Lipinski definition) is 0. The summed E-state index contributed by atoms with van der Waals surface area (Å²) in [5, 5.41) is 0. The Kier molecular flexibility index (Phi) is 2.92. The first-order valence-corrected chi connectivity index (χ1v) is 4.14. The highest BCUT2D eigenvalue weighted by Gasteiger charge is 2.35. The van der Waals surface area contributed by atoms with Gasteiger partial charge in [-0.05, 0) is 0 Å². The zero-order chi connectivity index (χ0) is 9.14. The number of amides is 1. The molecule has 68 valence electrons. The van der Waals surface area contributed by atoms with Gasteiger partial charge in [0, 0.05) is 13.1 Å². The molecule has 1 rings (SSSR count). The molecule has 0 N–H and O–H groups in total. The van der Waals surface area contributed by atoms with Gasteiger partial charge in [-0.2, -0.15) is 0 Å². The van der Waals surface area contributed by atoms with Crippen molar-refractivity contribution in [2.24, 2.45) is 5.92 Å². The third kappa shape index (κ3) is 1.69. The molecule has 0 spiro atoms. The molecule has 1 heterocycles. The van der Waals surface area contributed by atoms with E-state index in [0.717, 1.165) is 0 Å². The van der Waals surface area contributed by atoms with E-state index in [0.29, 0.717) is 13.1 Å². The molecular weight excluding hydrogens is 182 g/mol. The summed E-state index contributed by atoms with van der Waals surface area (Å²) < 4.78 is 4.51. The second kappa shape index (κ2) is 3.76. The fourth-order valence-corrected chi connectivity index (χ4v) is 1.25. The van der Waals surface area contributed by atoms with Crippen molar-refractivity contribution in [3.05, 3.63) is 0 Å². The van der Waals surface area contributed by atoms with Crippen LogP contribution in [0.3, 0.4) is 0 Å². The van der Waals surface area contributed by atoms with Crippen LogP contribution in [-0.2, 0) is 14.3 Å². The Hall–Kier alpha value is -0.770. The number of nitrogens with zero attached hydrogens (tertiary/aromatic N) is 1. The molecular formula is C7H10ClNO3. The van der Waals surface area contributed by atoms with Crippen LogP contribution in [-0.4, -0.2) is 42.9 Å². The average Bonchev–Trinajstić information content (AvgIpc) is 2.01. The molecule has 0 bridgehead atoms. The molecule has 1 fully saturated rings. The number of esters is 1. The first-order valence-electron chi connectivity index (χ1n) is 3.60. The lowest BCUT2D eigenvalue weighted by atomic mass is 10.0. The van der Waals surface area contributed by atoms with Crippen molar-refractivity contribution < 1.29 is 14.3 Å². The number of hydrogen-bond acceptors (Lipinski definition) is 3. The van der Waals surface area contributed by atoms with Gasteiger partial charge >= 0.3 is 5.97 Å². The van der Waals surface area contributed by atoms with Gasteiger partial charge in [0.2, 0.25) is 5.91 Å². The van der Waals surface area contributed by atoms with Gasteiger partial charge in [0.15, 0.2) is 0 Å². The van der Waals surface area contributed by atoms with Crippen LogP contribution in [0.5, 0.6) is 0 Å². The molecule has 12 heavy (non-hydrogen) atoms. The summed E-state index contributed by atoms with van der Waals surface area (Å²) in [6.45, 7) is 0.885. The van der Waals surface area contributed by atoms with Gasteiger partial charge in [0.05, 0.1) is 13.0 Å². The number of halogens is 1. The fraction of sp³-hybridized carbons (Fsp3) is 0.714. The average molecular weight is 192 g/mol. The minimum atomic E-state index is -0.256. The van der Waals surface area contributed by atoms with Crippen molar-refractivity contribution >= 4 is 23.5 Å². The van der Waals surface area contributed by atoms with Gasteiger partial charge in [-0.3, -0.25) is 9.59 Å². The van der Waals surface area contributed by atoms with E-state index < -0.39 is 0 Å². The van der Waals surface area contributed by atoms with Crippen molar-refractivity contribution in [3.63, 3.8) is 0 Å². The van der Waals surface area contributed by atoms with Crippen molar-refractivity contribution in [2.75, 3.05) is 26.1 Å². The van der Waals surface area contributed by atoms with Gasteiger partial charge in [-0.1, -0.05) is 0 Å². The van der Waals surface area contributed by atoms with E-state index in [1.54, 1.807) is 0 Å². The maximum Gasteiger partial charge on any atom is 0.312 e. The summed E-state index contributed by atoms with van der Waals surface area (Å²) in [4.78, 5) is 23.3. The number of methoxy groups -OCH3 is 1. The Labute approximate surface area is 75.4 Å². The van der Waals surface area contributed by atoms with Crippen molar-refractivity contribution in [2.45, 2.75) is 0 Å². The van der Waals surface area contributed by atoms with Crippen LogP contribution in [0.4, 0.5) is 0 Å². The number of likely N-dealkylation sites (tertiary alicyclic amines) is 1. The summed E-state index contributed by atoms with van der Waals surface area (Å²) >= 11 is 5.31. The minimum absolute atomic E-state index is 0.0199. The molecule has 1 amide bonds. The van der Waals surface area contributed by atoms with Gasteiger partial charge < -0.3 is 9.64 Å². The first-order chi connectivity index (χ1) is 5.69. The van der Waals surface area contributed by atoms with E-state index >= 15 is 0 Å². The first kappa shape index (κ1) is 9.32. The van der Waals surface area contributed by atoms with Crippen molar-refractivity contribution in [3.8, 4) is 0 Å². The number of alkyl halides is 1. The number of carbonyl (C=O) groups is 2. The molecule has 0 aliphatic carbocycles. The molecule has 5 heteroatoms. The topological polar surface area (TPSA) is 46.6 Å². The molecule has 0 aromatic rings. The predicted molar refractivity (Wildman–Crippen MR) is 42.8 cm³/mol. The minimum Gasteiger partial charge on any atom is -0.469 e. The Morgan fingerprint density at radius 1 is 1.58 bits per heavy atom. The van der Waals surface area contributed by atoms with E-state index in [1.807, 2.05) is 0 Å². The molecule has 0 aromatic carbocycles. The van der Waals surface area contributed by atoms with Crippen LogP contribution in [0.1, 0.15) is 0 Å². The van der Waals surface area contributed by atoms with E-state index in [9.17, 15) is 9.59 Å². The van der Waals surface area contributed by atoms with Gasteiger partial charge in [0.1, 0.15) is 5.88 Å².